The van der Waals surface area contributed by atoms with Gasteiger partial charge in [-0.2, -0.15) is 0 Å². The molecule has 0 radical (unpaired) electrons. The van der Waals surface area contributed by atoms with Gasteiger partial charge in [-0.3, -0.25) is 18.2 Å². The highest BCUT2D eigenvalue weighted by Gasteiger charge is 2.29. The topological polar surface area (TPSA) is 136 Å². The first kappa shape index (κ1) is 31.0. The predicted octanol–water partition coefficient (Wildman–Crippen LogP) is 4.65. The summed E-state index contributed by atoms with van der Waals surface area (Å²) < 4.78 is 34.4. The van der Waals surface area contributed by atoms with Crippen molar-refractivity contribution in [3.8, 4) is 11.5 Å². The maximum Gasteiger partial charge on any atom is 0.251 e. The van der Waals surface area contributed by atoms with Crippen LogP contribution in [0.15, 0.2) is 66.7 Å². The van der Waals surface area contributed by atoms with Gasteiger partial charge in [-0.1, -0.05) is 36.4 Å². The smallest absolute Gasteiger partial charge is 0.251 e. The summed E-state index contributed by atoms with van der Waals surface area (Å²) in [7, 11) is -2.96. The SMILES string of the molecule is CCNc1cc(C(=O)NC(Cc2ccccc2)C(O)CNCc2ccc3c(c2)OCCO3)cc(N2CCCCS2(O)O)c1. The lowest BCUT2D eigenvalue weighted by atomic mass is 10.00. The molecule has 2 unspecified atom stereocenters. The van der Waals surface area contributed by atoms with Crippen LogP contribution in [0.25, 0.3) is 0 Å². The Morgan fingerprint density at radius 3 is 2.53 bits per heavy atom. The average molecular weight is 611 g/mol. The quantitative estimate of drug-likeness (QED) is 0.173. The van der Waals surface area contributed by atoms with Gasteiger partial charge in [0.15, 0.2) is 11.5 Å². The van der Waals surface area contributed by atoms with Crippen LogP contribution in [0.3, 0.4) is 0 Å². The molecule has 1 amide bonds. The summed E-state index contributed by atoms with van der Waals surface area (Å²) in [5.41, 5.74) is 3.67. The van der Waals surface area contributed by atoms with Gasteiger partial charge < -0.3 is 30.5 Å². The average Bonchev–Trinajstić information content (AvgIpc) is 3.01. The Kier molecular flexibility index (Phi) is 10.3. The van der Waals surface area contributed by atoms with Crippen LogP contribution in [0.4, 0.5) is 11.4 Å². The molecule has 5 rings (SSSR count). The Bertz CT molecular complexity index is 1380. The molecule has 3 aromatic carbocycles. The highest BCUT2D eigenvalue weighted by atomic mass is 32.3. The van der Waals surface area contributed by atoms with E-state index in [1.807, 2.05) is 61.5 Å². The molecule has 11 heteroatoms. The zero-order chi connectivity index (χ0) is 30.2. The number of nitrogens with one attached hydrogen (secondary N) is 3. The second-order valence-electron chi connectivity index (χ2n) is 10.9. The van der Waals surface area contributed by atoms with Crippen molar-refractivity contribution >= 4 is 28.1 Å². The van der Waals surface area contributed by atoms with Crippen molar-refractivity contribution in [1.29, 1.82) is 0 Å². The lowest BCUT2D eigenvalue weighted by Gasteiger charge is -2.47. The van der Waals surface area contributed by atoms with Gasteiger partial charge in [0.2, 0.25) is 0 Å². The number of hydrogen-bond acceptors (Lipinski definition) is 9. The number of hydrogen-bond donors (Lipinski definition) is 6. The van der Waals surface area contributed by atoms with Gasteiger partial charge in [0, 0.05) is 37.4 Å². The largest absolute Gasteiger partial charge is 0.486 e. The van der Waals surface area contributed by atoms with E-state index in [4.69, 9.17) is 9.47 Å². The van der Waals surface area contributed by atoms with E-state index in [9.17, 15) is 19.0 Å². The number of rotatable bonds is 12. The molecule has 43 heavy (non-hydrogen) atoms. The Morgan fingerprint density at radius 2 is 1.77 bits per heavy atom. The van der Waals surface area contributed by atoms with E-state index < -0.39 is 22.9 Å². The predicted molar refractivity (Wildman–Crippen MR) is 171 cm³/mol. The third-order valence-corrected chi connectivity index (χ3v) is 9.54. The van der Waals surface area contributed by atoms with Gasteiger partial charge in [-0.05, 0) is 67.6 Å². The minimum absolute atomic E-state index is 0.254. The zero-order valence-electron chi connectivity index (χ0n) is 24.5. The van der Waals surface area contributed by atoms with Crippen molar-refractivity contribution in [2.75, 3.05) is 48.2 Å². The molecule has 2 aliphatic heterocycles. The molecular weight excluding hydrogens is 568 g/mol. The minimum atomic E-state index is -2.96. The molecule has 0 aliphatic carbocycles. The van der Waals surface area contributed by atoms with Crippen LogP contribution in [-0.2, 0) is 13.0 Å². The van der Waals surface area contributed by atoms with E-state index in [-0.39, 0.29) is 12.5 Å². The van der Waals surface area contributed by atoms with Crippen molar-refractivity contribution < 1.29 is 28.5 Å². The molecule has 0 bridgehead atoms. The van der Waals surface area contributed by atoms with Crippen molar-refractivity contribution in [3.63, 3.8) is 0 Å². The van der Waals surface area contributed by atoms with Crippen molar-refractivity contribution in [2.45, 2.75) is 44.9 Å². The number of amides is 1. The first-order valence-corrected chi connectivity index (χ1v) is 16.5. The number of aliphatic hydroxyl groups excluding tert-OH is 1. The van der Waals surface area contributed by atoms with E-state index in [1.165, 1.54) is 0 Å². The molecule has 10 nitrogen and oxygen atoms in total. The summed E-state index contributed by atoms with van der Waals surface area (Å²) in [5, 5.41) is 20.9. The van der Waals surface area contributed by atoms with Crippen LogP contribution in [-0.4, -0.2) is 70.9 Å². The first-order chi connectivity index (χ1) is 20.8. The lowest BCUT2D eigenvalue weighted by molar-refractivity contribution is 0.0830. The van der Waals surface area contributed by atoms with E-state index in [0.717, 1.165) is 29.7 Å². The van der Waals surface area contributed by atoms with Gasteiger partial charge in [0.05, 0.1) is 23.6 Å². The van der Waals surface area contributed by atoms with E-state index in [2.05, 4.69) is 16.0 Å². The summed E-state index contributed by atoms with van der Waals surface area (Å²) in [4.78, 5) is 13.7. The van der Waals surface area contributed by atoms with Gasteiger partial charge in [0.25, 0.3) is 5.91 Å². The normalized spacial score (nSPS) is 17.9. The Morgan fingerprint density at radius 1 is 0.977 bits per heavy atom. The number of anilines is 2. The third-order valence-electron chi connectivity index (χ3n) is 7.60. The van der Waals surface area contributed by atoms with Crippen LogP contribution < -0.4 is 29.7 Å². The van der Waals surface area contributed by atoms with Crippen LogP contribution in [0.1, 0.15) is 41.3 Å². The summed E-state index contributed by atoms with van der Waals surface area (Å²) in [6.45, 7) is 4.93. The summed E-state index contributed by atoms with van der Waals surface area (Å²) in [6, 6.07) is 20.2. The molecule has 1 saturated heterocycles. The maximum atomic E-state index is 13.7. The van der Waals surface area contributed by atoms with E-state index in [1.54, 1.807) is 16.4 Å². The monoisotopic (exact) mass is 610 g/mol. The van der Waals surface area contributed by atoms with Gasteiger partial charge in [0.1, 0.15) is 13.2 Å². The molecule has 0 spiro atoms. The second-order valence-corrected chi connectivity index (χ2v) is 13.0. The van der Waals surface area contributed by atoms with Crippen LogP contribution in [0, 0.1) is 0 Å². The Hall–Kier alpha value is -3.48. The Labute approximate surface area is 254 Å². The molecule has 2 atom stereocenters. The summed E-state index contributed by atoms with van der Waals surface area (Å²) in [5.74, 6) is 1.41. The number of ether oxygens (including phenoxy) is 2. The second kappa shape index (κ2) is 14.3. The number of carbonyl (C=O) groups excluding carboxylic acids is 1. The fourth-order valence-corrected chi connectivity index (χ4v) is 7.08. The number of benzene rings is 3. The maximum absolute atomic E-state index is 13.7. The van der Waals surface area contributed by atoms with Crippen LogP contribution >= 0.6 is 10.8 Å². The lowest BCUT2D eigenvalue weighted by Crippen LogP contribution is -2.48. The number of carbonyl (C=O) groups is 1. The van der Waals surface area contributed by atoms with Gasteiger partial charge >= 0.3 is 0 Å². The first-order valence-electron chi connectivity index (χ1n) is 14.9. The molecule has 3 aromatic rings. The zero-order valence-corrected chi connectivity index (χ0v) is 25.3. The molecule has 232 valence electrons. The Balaban J connectivity index is 1.31. The van der Waals surface area contributed by atoms with Crippen LogP contribution in [0.2, 0.25) is 0 Å². The fraction of sp³-hybridized carbons (Fsp3) is 0.406. The summed E-state index contributed by atoms with van der Waals surface area (Å²) in [6.07, 6.45) is 1.15. The standard InChI is InChI=1S/C32H42N4O6S/c1-2-34-26-18-25(19-27(20-26)36-12-6-7-15-43(36,39)40)32(38)35-28(16-23-8-4-3-5-9-23)29(37)22-33-21-24-10-11-30-31(17-24)42-14-13-41-30/h3-5,8-11,17-20,28-29,33-34,37,39-40H,2,6-7,12-16,21-22H2,1H3,(H,35,38). The van der Waals surface area contributed by atoms with E-state index >= 15 is 0 Å². The van der Waals surface area contributed by atoms with E-state index in [0.29, 0.717) is 67.7 Å². The fourth-order valence-electron chi connectivity index (χ4n) is 5.41. The molecule has 1 fully saturated rings. The third kappa shape index (κ3) is 8.12. The van der Waals surface area contributed by atoms with Gasteiger partial charge in [-0.15, -0.1) is 10.8 Å². The number of aliphatic hydroxyl groups is 1. The molecule has 0 saturated carbocycles. The molecule has 2 heterocycles. The van der Waals surface area contributed by atoms with Gasteiger partial charge in [-0.25, -0.2) is 0 Å². The summed E-state index contributed by atoms with van der Waals surface area (Å²) >= 11 is 0. The van der Waals surface area contributed by atoms with Crippen LogP contribution in [0.5, 0.6) is 11.5 Å². The minimum Gasteiger partial charge on any atom is -0.486 e. The number of nitrogens with zero attached hydrogens (tertiary/aromatic N) is 1. The van der Waals surface area contributed by atoms with Crippen molar-refractivity contribution in [2.24, 2.45) is 0 Å². The molecule has 6 N–H and O–H groups in total. The highest BCUT2D eigenvalue weighted by molar-refractivity contribution is 8.25. The van der Waals surface area contributed by atoms with Crippen molar-refractivity contribution in [1.82, 2.24) is 10.6 Å². The highest BCUT2D eigenvalue weighted by Crippen LogP contribution is 2.50. The van der Waals surface area contributed by atoms with Crippen molar-refractivity contribution in [3.05, 3.63) is 83.4 Å². The number of fused-ring (bicyclic) bond motifs is 1. The molecule has 2 aliphatic rings. The molecule has 0 aromatic heterocycles. The molecular formula is C32H42N4O6S.